The average molecular weight is 403 g/mol. The van der Waals surface area contributed by atoms with Crippen molar-refractivity contribution in [1.29, 1.82) is 0 Å². The fraction of sp³-hybridized carbons (Fsp3) is 0.280. The standard InChI is InChI=1S/C25H25NO4/c1-29-24-17-30-22(14-23(24)27)16-26-13-5-8-21(15-26)25(28)20-11-9-19(10-12-20)18-6-3-2-4-7-18/h2-4,6-7,9-12,14,17,21H,5,8,13,15-16H2,1H3. The molecule has 1 atom stereocenters. The highest BCUT2D eigenvalue weighted by molar-refractivity contribution is 5.98. The second kappa shape index (κ2) is 9.09. The van der Waals surface area contributed by atoms with E-state index in [1.807, 2.05) is 42.5 Å². The molecule has 1 fully saturated rings. The molecule has 5 nitrogen and oxygen atoms in total. The van der Waals surface area contributed by atoms with Gasteiger partial charge < -0.3 is 9.15 Å². The first-order valence-corrected chi connectivity index (χ1v) is 10.2. The van der Waals surface area contributed by atoms with Gasteiger partial charge in [-0.15, -0.1) is 0 Å². The molecule has 0 amide bonds. The van der Waals surface area contributed by atoms with Crippen LogP contribution in [0.4, 0.5) is 0 Å². The molecule has 2 aromatic carbocycles. The van der Waals surface area contributed by atoms with Crippen molar-refractivity contribution < 1.29 is 13.9 Å². The molecule has 0 N–H and O–H groups in total. The zero-order chi connectivity index (χ0) is 20.9. The lowest BCUT2D eigenvalue weighted by Gasteiger charge is -2.31. The van der Waals surface area contributed by atoms with E-state index in [9.17, 15) is 9.59 Å². The van der Waals surface area contributed by atoms with Crippen molar-refractivity contribution in [2.45, 2.75) is 19.4 Å². The lowest BCUT2D eigenvalue weighted by atomic mass is 9.89. The molecule has 5 heteroatoms. The molecule has 2 heterocycles. The summed E-state index contributed by atoms with van der Waals surface area (Å²) in [5.41, 5.74) is 2.80. The van der Waals surface area contributed by atoms with Gasteiger partial charge >= 0.3 is 0 Å². The van der Waals surface area contributed by atoms with Crippen molar-refractivity contribution in [2.75, 3.05) is 20.2 Å². The predicted octanol–water partition coefficient (Wildman–Crippen LogP) is 4.41. The van der Waals surface area contributed by atoms with Crippen LogP contribution in [0, 0.1) is 5.92 Å². The van der Waals surface area contributed by atoms with Crippen molar-refractivity contribution in [1.82, 2.24) is 4.90 Å². The monoisotopic (exact) mass is 403 g/mol. The Balaban J connectivity index is 1.42. The molecular weight excluding hydrogens is 378 g/mol. The van der Waals surface area contributed by atoms with Crippen LogP contribution in [0.15, 0.2) is 76.1 Å². The van der Waals surface area contributed by atoms with Crippen molar-refractivity contribution in [2.24, 2.45) is 5.92 Å². The molecule has 1 aliphatic heterocycles. The van der Waals surface area contributed by atoms with Crippen molar-refractivity contribution >= 4 is 5.78 Å². The Morgan fingerprint density at radius 3 is 2.53 bits per heavy atom. The largest absolute Gasteiger partial charge is 0.490 e. The third kappa shape index (κ3) is 4.52. The number of hydrogen-bond acceptors (Lipinski definition) is 5. The van der Waals surface area contributed by atoms with Gasteiger partial charge in [-0.25, -0.2) is 0 Å². The zero-order valence-corrected chi connectivity index (χ0v) is 17.0. The molecule has 0 bridgehead atoms. The number of Topliss-reactive ketones (excluding diaryl/α,β-unsaturated/α-hetero) is 1. The van der Waals surface area contributed by atoms with Gasteiger partial charge in [0, 0.05) is 24.1 Å². The zero-order valence-electron chi connectivity index (χ0n) is 17.0. The number of methoxy groups -OCH3 is 1. The van der Waals surface area contributed by atoms with Crippen LogP contribution < -0.4 is 10.2 Å². The molecule has 3 aromatic rings. The summed E-state index contributed by atoms with van der Waals surface area (Å²) < 4.78 is 10.5. The molecule has 1 saturated heterocycles. The molecule has 154 valence electrons. The Bertz CT molecular complexity index is 1060. The molecular formula is C25H25NO4. The van der Waals surface area contributed by atoms with Gasteiger partial charge in [-0.05, 0) is 30.5 Å². The Morgan fingerprint density at radius 1 is 1.10 bits per heavy atom. The first kappa shape index (κ1) is 20.1. The smallest absolute Gasteiger partial charge is 0.227 e. The Hall–Kier alpha value is -3.18. The second-order valence-electron chi connectivity index (χ2n) is 7.66. The van der Waals surface area contributed by atoms with E-state index < -0.39 is 0 Å². The fourth-order valence-corrected chi connectivity index (χ4v) is 4.00. The van der Waals surface area contributed by atoms with Crippen molar-refractivity contribution in [3.8, 4) is 16.9 Å². The molecule has 1 aliphatic rings. The highest BCUT2D eigenvalue weighted by Gasteiger charge is 2.27. The molecule has 30 heavy (non-hydrogen) atoms. The molecule has 1 unspecified atom stereocenters. The highest BCUT2D eigenvalue weighted by atomic mass is 16.5. The first-order valence-electron chi connectivity index (χ1n) is 10.2. The maximum Gasteiger partial charge on any atom is 0.227 e. The van der Waals surface area contributed by atoms with E-state index >= 15 is 0 Å². The number of hydrogen-bond donors (Lipinski definition) is 0. The summed E-state index contributed by atoms with van der Waals surface area (Å²) in [6.45, 7) is 2.05. The molecule has 1 aromatic heterocycles. The van der Waals surface area contributed by atoms with Gasteiger partial charge in [0.05, 0.1) is 13.7 Å². The van der Waals surface area contributed by atoms with Crippen LogP contribution in [-0.2, 0) is 6.54 Å². The van der Waals surface area contributed by atoms with Crippen molar-refractivity contribution in [3.05, 3.63) is 88.5 Å². The first-order chi connectivity index (χ1) is 14.6. The summed E-state index contributed by atoms with van der Waals surface area (Å²) in [4.78, 5) is 27.2. The number of benzene rings is 2. The minimum Gasteiger partial charge on any atom is -0.490 e. The van der Waals surface area contributed by atoms with E-state index in [1.54, 1.807) is 0 Å². The van der Waals surface area contributed by atoms with E-state index in [2.05, 4.69) is 17.0 Å². The topological polar surface area (TPSA) is 59.8 Å². The summed E-state index contributed by atoms with van der Waals surface area (Å²) in [6.07, 6.45) is 3.17. The van der Waals surface area contributed by atoms with Crippen LogP contribution in [0.2, 0.25) is 0 Å². The van der Waals surface area contributed by atoms with Gasteiger partial charge in [-0.3, -0.25) is 14.5 Å². The van der Waals surface area contributed by atoms with E-state index in [1.165, 1.54) is 19.4 Å². The normalized spacial score (nSPS) is 16.9. The van der Waals surface area contributed by atoms with Gasteiger partial charge in [0.2, 0.25) is 11.2 Å². The third-order valence-corrected chi connectivity index (χ3v) is 5.60. The minimum absolute atomic E-state index is 0.0497. The van der Waals surface area contributed by atoms with Gasteiger partial charge in [0.1, 0.15) is 12.0 Å². The SMILES string of the molecule is COc1coc(CN2CCCC(C(=O)c3ccc(-c4ccccc4)cc3)C2)cc1=O. The summed E-state index contributed by atoms with van der Waals surface area (Å²) in [6, 6.07) is 19.5. The lowest BCUT2D eigenvalue weighted by Crippen LogP contribution is -2.38. The average Bonchev–Trinajstić information content (AvgIpc) is 2.80. The molecule has 0 spiro atoms. The maximum atomic E-state index is 13.1. The molecule has 0 saturated carbocycles. The lowest BCUT2D eigenvalue weighted by molar-refractivity contribution is 0.0801. The third-order valence-electron chi connectivity index (χ3n) is 5.60. The fourth-order valence-electron chi connectivity index (χ4n) is 4.00. The van der Waals surface area contributed by atoms with Crippen LogP contribution in [0.1, 0.15) is 29.0 Å². The van der Waals surface area contributed by atoms with Crippen LogP contribution in [0.5, 0.6) is 5.75 Å². The molecule has 4 rings (SSSR count). The Labute approximate surface area is 175 Å². The Morgan fingerprint density at radius 2 is 1.83 bits per heavy atom. The van der Waals surface area contributed by atoms with Gasteiger partial charge in [0.25, 0.3) is 0 Å². The number of piperidine rings is 1. The van der Waals surface area contributed by atoms with Crippen LogP contribution in [-0.4, -0.2) is 30.9 Å². The highest BCUT2D eigenvalue weighted by Crippen LogP contribution is 2.25. The summed E-state index contributed by atoms with van der Waals surface area (Å²) in [5.74, 6) is 0.910. The summed E-state index contributed by atoms with van der Waals surface area (Å²) in [7, 11) is 1.44. The maximum absolute atomic E-state index is 13.1. The predicted molar refractivity (Wildman–Crippen MR) is 116 cm³/mol. The molecule has 0 radical (unpaired) electrons. The van der Waals surface area contributed by atoms with Crippen LogP contribution >= 0.6 is 0 Å². The van der Waals surface area contributed by atoms with Crippen molar-refractivity contribution in [3.63, 3.8) is 0 Å². The number of carbonyl (C=O) groups is 1. The second-order valence-corrected chi connectivity index (χ2v) is 7.66. The van der Waals surface area contributed by atoms with Crippen LogP contribution in [0.3, 0.4) is 0 Å². The number of nitrogens with zero attached hydrogens (tertiary/aromatic N) is 1. The van der Waals surface area contributed by atoms with Gasteiger partial charge in [-0.2, -0.15) is 0 Å². The summed E-state index contributed by atoms with van der Waals surface area (Å²) >= 11 is 0. The quantitative estimate of drug-likeness (QED) is 0.571. The van der Waals surface area contributed by atoms with E-state index in [-0.39, 0.29) is 22.9 Å². The molecule has 0 aliphatic carbocycles. The number of carbonyl (C=O) groups excluding carboxylic acids is 1. The number of rotatable bonds is 6. The number of likely N-dealkylation sites (tertiary alicyclic amines) is 1. The van der Waals surface area contributed by atoms with Gasteiger partial charge in [0.15, 0.2) is 5.78 Å². The Kier molecular flexibility index (Phi) is 6.10. The van der Waals surface area contributed by atoms with E-state index in [0.29, 0.717) is 18.8 Å². The minimum atomic E-state index is -0.193. The number of ketones is 1. The van der Waals surface area contributed by atoms with Crippen LogP contribution in [0.25, 0.3) is 11.1 Å². The van der Waals surface area contributed by atoms with E-state index in [4.69, 9.17) is 9.15 Å². The number of ether oxygens (including phenoxy) is 1. The van der Waals surface area contributed by atoms with Gasteiger partial charge in [-0.1, -0.05) is 54.6 Å². The van der Waals surface area contributed by atoms with E-state index in [0.717, 1.165) is 36.1 Å². The summed E-state index contributed by atoms with van der Waals surface area (Å²) in [5, 5.41) is 0.